The first-order chi connectivity index (χ1) is 16.7. The summed E-state index contributed by atoms with van der Waals surface area (Å²) < 4.78 is 26.2. The van der Waals surface area contributed by atoms with Gasteiger partial charge < -0.3 is 10.2 Å². The molecule has 0 aliphatic rings. The third-order valence-corrected chi connectivity index (χ3v) is 6.85. The molecule has 0 unspecified atom stereocenters. The molecule has 2 aromatic rings. The molecule has 2 rings (SSSR count). The first kappa shape index (κ1) is 29.1. The van der Waals surface area contributed by atoms with Gasteiger partial charge in [0.15, 0.2) is 0 Å². The molecule has 0 fully saturated rings. The predicted octanol–water partition coefficient (Wildman–Crippen LogP) is 3.51. The molecule has 0 aliphatic carbocycles. The number of non-ortho nitro benzene ring substituents is 1. The number of aryl methyl sites for hydroxylation is 1. The molecule has 10 nitrogen and oxygen atoms in total. The summed E-state index contributed by atoms with van der Waals surface area (Å²) in [5, 5.41) is 14.6. The number of anilines is 1. The number of rotatable bonds is 11. The molecule has 0 radical (unpaired) electrons. The van der Waals surface area contributed by atoms with Gasteiger partial charge in [0, 0.05) is 30.2 Å². The van der Waals surface area contributed by atoms with Crippen molar-refractivity contribution in [2.45, 2.75) is 40.3 Å². The maximum absolute atomic E-state index is 13.5. The summed E-state index contributed by atoms with van der Waals surface area (Å²) in [5.41, 5.74) is 0.832. The van der Waals surface area contributed by atoms with Gasteiger partial charge in [-0.1, -0.05) is 43.6 Å². The fourth-order valence-electron chi connectivity index (χ4n) is 3.40. The van der Waals surface area contributed by atoms with E-state index in [4.69, 9.17) is 11.6 Å². The summed E-state index contributed by atoms with van der Waals surface area (Å²) in [7, 11) is -4.01. The van der Waals surface area contributed by atoms with E-state index in [1.54, 1.807) is 38.1 Å². The number of nitro groups is 1. The molecule has 1 N–H and O–H groups in total. The Morgan fingerprint density at radius 1 is 1.11 bits per heavy atom. The third kappa shape index (κ3) is 7.92. The summed E-state index contributed by atoms with van der Waals surface area (Å²) in [5.74, 6) is -0.837. The average molecular weight is 539 g/mol. The van der Waals surface area contributed by atoms with Gasteiger partial charge in [-0.3, -0.25) is 24.0 Å². The molecule has 0 heterocycles. The van der Waals surface area contributed by atoms with Crippen LogP contribution in [0.5, 0.6) is 0 Å². The quantitative estimate of drug-likeness (QED) is 0.344. The summed E-state index contributed by atoms with van der Waals surface area (Å²) in [6.45, 7) is 6.82. The SMILES string of the molecule is Cc1ccc([N+](=O)[O-])cc1N(CC(=O)N(Cc1ccc(Cl)cc1)[C@@H](C)C(=O)NCC(C)C)S(C)(=O)=O. The van der Waals surface area contributed by atoms with Gasteiger partial charge in [0.1, 0.15) is 12.6 Å². The minimum absolute atomic E-state index is 0.0170. The molecule has 2 amide bonds. The highest BCUT2D eigenvalue weighted by Crippen LogP contribution is 2.28. The number of nitro benzene ring substituents is 1. The second kappa shape index (κ2) is 12.2. The lowest BCUT2D eigenvalue weighted by atomic mass is 10.1. The zero-order chi connectivity index (χ0) is 27.2. The van der Waals surface area contributed by atoms with Gasteiger partial charge in [0.2, 0.25) is 21.8 Å². The van der Waals surface area contributed by atoms with Gasteiger partial charge in [0.05, 0.1) is 16.9 Å². The highest BCUT2D eigenvalue weighted by molar-refractivity contribution is 7.92. The largest absolute Gasteiger partial charge is 0.354 e. The van der Waals surface area contributed by atoms with E-state index in [0.29, 0.717) is 22.7 Å². The molecule has 0 saturated heterocycles. The van der Waals surface area contributed by atoms with Gasteiger partial charge in [-0.2, -0.15) is 0 Å². The Kier molecular flexibility index (Phi) is 9.83. The summed E-state index contributed by atoms with van der Waals surface area (Å²) in [6.07, 6.45) is 0.918. The molecule has 196 valence electrons. The number of nitrogens with one attached hydrogen (secondary N) is 1. The van der Waals surface area contributed by atoms with Gasteiger partial charge >= 0.3 is 0 Å². The fraction of sp³-hybridized carbons (Fsp3) is 0.417. The van der Waals surface area contributed by atoms with Gasteiger partial charge in [-0.05, 0) is 43.0 Å². The van der Waals surface area contributed by atoms with Crippen molar-refractivity contribution in [2.24, 2.45) is 5.92 Å². The van der Waals surface area contributed by atoms with Crippen LogP contribution in [0.2, 0.25) is 5.02 Å². The minimum atomic E-state index is -4.01. The van der Waals surface area contributed by atoms with E-state index in [2.05, 4.69) is 5.32 Å². The van der Waals surface area contributed by atoms with Crippen molar-refractivity contribution < 1.29 is 22.9 Å². The number of carbonyl (C=O) groups excluding carboxylic acids is 2. The lowest BCUT2D eigenvalue weighted by molar-refractivity contribution is -0.384. The van der Waals surface area contributed by atoms with E-state index >= 15 is 0 Å². The van der Waals surface area contributed by atoms with Crippen molar-refractivity contribution in [2.75, 3.05) is 23.7 Å². The van der Waals surface area contributed by atoms with Crippen molar-refractivity contribution in [3.8, 4) is 0 Å². The number of hydrogen-bond donors (Lipinski definition) is 1. The first-order valence-electron chi connectivity index (χ1n) is 11.2. The molecular weight excluding hydrogens is 508 g/mol. The van der Waals surface area contributed by atoms with Crippen molar-refractivity contribution >= 4 is 44.8 Å². The molecule has 0 aromatic heterocycles. The Balaban J connectivity index is 2.45. The lowest BCUT2D eigenvalue weighted by Crippen LogP contribution is -2.51. The molecular formula is C24H31ClN4O6S. The minimum Gasteiger partial charge on any atom is -0.354 e. The monoisotopic (exact) mass is 538 g/mol. The fourth-order valence-corrected chi connectivity index (χ4v) is 4.42. The Morgan fingerprint density at radius 2 is 1.72 bits per heavy atom. The number of halogens is 1. The number of amides is 2. The van der Waals surface area contributed by atoms with E-state index in [0.717, 1.165) is 16.6 Å². The van der Waals surface area contributed by atoms with Crippen molar-refractivity contribution in [1.29, 1.82) is 0 Å². The van der Waals surface area contributed by atoms with Crippen molar-refractivity contribution in [3.05, 3.63) is 68.7 Å². The van der Waals surface area contributed by atoms with Crippen LogP contribution in [0.15, 0.2) is 42.5 Å². The smallest absolute Gasteiger partial charge is 0.271 e. The highest BCUT2D eigenvalue weighted by atomic mass is 35.5. The van der Waals surface area contributed by atoms with Crippen molar-refractivity contribution in [1.82, 2.24) is 10.2 Å². The van der Waals surface area contributed by atoms with Crippen LogP contribution in [0.4, 0.5) is 11.4 Å². The second-order valence-corrected chi connectivity index (χ2v) is 11.3. The number of benzene rings is 2. The van der Waals surface area contributed by atoms with Gasteiger partial charge in [0.25, 0.3) is 5.69 Å². The first-order valence-corrected chi connectivity index (χ1v) is 13.5. The Labute approximate surface area is 216 Å². The van der Waals surface area contributed by atoms with E-state index in [1.807, 2.05) is 13.8 Å². The molecule has 12 heteroatoms. The van der Waals surface area contributed by atoms with E-state index in [1.165, 1.54) is 17.0 Å². The van der Waals surface area contributed by atoms with Crippen molar-refractivity contribution in [3.63, 3.8) is 0 Å². The van der Waals surface area contributed by atoms with Crippen LogP contribution in [-0.2, 0) is 26.2 Å². The van der Waals surface area contributed by atoms with E-state index in [-0.39, 0.29) is 29.7 Å². The Bertz CT molecular complexity index is 1220. The average Bonchev–Trinajstić information content (AvgIpc) is 2.79. The van der Waals surface area contributed by atoms with E-state index < -0.39 is 33.4 Å². The van der Waals surface area contributed by atoms with Crippen LogP contribution >= 0.6 is 11.6 Å². The standard InChI is InChI=1S/C24H31ClN4O6S/c1-16(2)13-26-24(31)18(4)27(14-19-7-9-20(25)10-8-19)23(30)15-28(36(5,34)35)22-12-21(29(32)33)11-6-17(22)3/h6-12,16,18H,13-15H2,1-5H3,(H,26,31)/t18-/m0/s1. The van der Waals surface area contributed by atoms with Gasteiger partial charge in [-0.25, -0.2) is 8.42 Å². The Hall–Kier alpha value is -3.18. The zero-order valence-electron chi connectivity index (χ0n) is 20.9. The molecule has 0 saturated carbocycles. The maximum atomic E-state index is 13.5. The number of sulfonamides is 1. The molecule has 0 bridgehead atoms. The topological polar surface area (TPSA) is 130 Å². The summed E-state index contributed by atoms with van der Waals surface area (Å²) in [4.78, 5) is 38.3. The van der Waals surface area contributed by atoms with E-state index in [9.17, 15) is 28.1 Å². The maximum Gasteiger partial charge on any atom is 0.271 e. The third-order valence-electron chi connectivity index (χ3n) is 5.47. The van der Waals surface area contributed by atoms with Gasteiger partial charge in [-0.15, -0.1) is 0 Å². The zero-order valence-corrected chi connectivity index (χ0v) is 22.5. The van der Waals surface area contributed by atoms with Crippen LogP contribution in [0, 0.1) is 23.0 Å². The predicted molar refractivity (Wildman–Crippen MR) is 139 cm³/mol. The van der Waals surface area contributed by atoms with Crippen LogP contribution in [0.25, 0.3) is 0 Å². The molecule has 36 heavy (non-hydrogen) atoms. The summed E-state index contributed by atoms with van der Waals surface area (Å²) in [6, 6.07) is 9.60. The van der Waals surface area contributed by atoms with Crippen LogP contribution < -0.4 is 9.62 Å². The normalized spacial score (nSPS) is 12.2. The number of carbonyl (C=O) groups is 2. The molecule has 2 aromatic carbocycles. The Morgan fingerprint density at radius 3 is 2.25 bits per heavy atom. The molecule has 0 spiro atoms. The van der Waals surface area contributed by atoms with Crippen LogP contribution in [0.3, 0.4) is 0 Å². The number of hydrogen-bond acceptors (Lipinski definition) is 6. The lowest BCUT2D eigenvalue weighted by Gasteiger charge is -2.32. The molecule has 0 aliphatic heterocycles. The number of nitrogens with zero attached hydrogens (tertiary/aromatic N) is 3. The molecule has 1 atom stereocenters. The van der Waals surface area contributed by atoms with Crippen LogP contribution in [-0.4, -0.2) is 55.4 Å². The summed E-state index contributed by atoms with van der Waals surface area (Å²) >= 11 is 5.97. The van der Waals surface area contributed by atoms with Crippen LogP contribution in [0.1, 0.15) is 31.9 Å². The second-order valence-electron chi connectivity index (χ2n) is 8.96. The highest BCUT2D eigenvalue weighted by Gasteiger charge is 2.31.